The van der Waals surface area contributed by atoms with Crippen molar-refractivity contribution in [3.8, 4) is 0 Å². The van der Waals surface area contributed by atoms with Crippen LogP contribution in [0.3, 0.4) is 0 Å². The zero-order valence-corrected chi connectivity index (χ0v) is 19.4. The molecule has 0 heterocycles. The van der Waals surface area contributed by atoms with Gasteiger partial charge in [-0.1, -0.05) is 109 Å². The third kappa shape index (κ3) is 38.8. The van der Waals surface area contributed by atoms with E-state index >= 15 is 0 Å². The number of unbranched alkanes of at least 4 members (excludes halogenated alkanes) is 5. The lowest BCUT2D eigenvalue weighted by Gasteiger charge is -1.99. The van der Waals surface area contributed by atoms with Crippen molar-refractivity contribution in [2.75, 3.05) is 12.8 Å². The van der Waals surface area contributed by atoms with Gasteiger partial charge in [0.05, 0.1) is 0 Å². The maximum Gasteiger partial charge on any atom is 0.00785 e. The molecule has 0 rings (SSSR count). The fourth-order valence-electron chi connectivity index (χ4n) is 1.87. The summed E-state index contributed by atoms with van der Waals surface area (Å²) in [5.41, 5.74) is 2.66. The van der Waals surface area contributed by atoms with Gasteiger partial charge in [-0.2, -0.15) is 0 Å². The van der Waals surface area contributed by atoms with Gasteiger partial charge in [-0.15, -0.1) is 0 Å². The fourth-order valence-corrected chi connectivity index (χ4v) is 2.43. The van der Waals surface area contributed by atoms with Crippen LogP contribution in [0.1, 0.15) is 92.9 Å². The Morgan fingerprint density at radius 3 is 1.88 bits per heavy atom. The maximum atomic E-state index is 6.00. The van der Waals surface area contributed by atoms with Gasteiger partial charge >= 0.3 is 0 Å². The molecule has 0 aromatic heterocycles. The second-order valence-electron chi connectivity index (χ2n) is 5.76. The van der Waals surface area contributed by atoms with Crippen LogP contribution >= 0.6 is 11.9 Å². The molecule has 26 heavy (non-hydrogen) atoms. The van der Waals surface area contributed by atoms with E-state index in [2.05, 4.69) is 51.1 Å². The van der Waals surface area contributed by atoms with Crippen molar-refractivity contribution < 1.29 is 10.5 Å². The van der Waals surface area contributed by atoms with Crippen molar-refractivity contribution in [3.05, 3.63) is 36.0 Å². The van der Waals surface area contributed by atoms with E-state index < -0.39 is 0 Å². The Balaban J connectivity index is -0.000000156. The van der Waals surface area contributed by atoms with Crippen LogP contribution in [-0.2, 0) is 0 Å². The zero-order chi connectivity index (χ0) is 21.1. The summed E-state index contributed by atoms with van der Waals surface area (Å²) in [5.74, 6) is 1.27. The standard InChI is InChI=1S/C11H18.C9H21NS.C2H6.H2O2/c1-5-7-11(6-2)9-8-10(3)4;1-3-4-5-6-7-8-9-11-10-2;2*1-2/h6,8-9H,2,5,7H2,1,3-4H3;10H,3-9H2,1-2H3;1-2H3;1-2H/b11-9+;;;. The van der Waals surface area contributed by atoms with E-state index in [1.807, 2.05) is 38.9 Å². The first-order chi connectivity index (χ1) is 12.6. The minimum absolute atomic E-state index is 1.13. The van der Waals surface area contributed by atoms with Crippen molar-refractivity contribution in [3.63, 3.8) is 0 Å². The van der Waals surface area contributed by atoms with E-state index in [1.165, 1.54) is 61.8 Å². The molecule has 0 amide bonds. The lowest BCUT2D eigenvalue weighted by molar-refractivity contribution is -0.176. The van der Waals surface area contributed by atoms with E-state index in [4.69, 9.17) is 10.5 Å². The van der Waals surface area contributed by atoms with Gasteiger partial charge in [0.2, 0.25) is 0 Å². The maximum absolute atomic E-state index is 6.00. The number of rotatable bonds is 12. The molecule has 0 aromatic rings. The Morgan fingerprint density at radius 2 is 1.46 bits per heavy atom. The number of hydrogen-bond donors (Lipinski definition) is 3. The highest BCUT2D eigenvalue weighted by Gasteiger charge is 1.89. The van der Waals surface area contributed by atoms with Crippen LogP contribution in [0.15, 0.2) is 36.0 Å². The summed E-state index contributed by atoms with van der Waals surface area (Å²) in [7, 11) is 1.99. The molecular weight excluding hydrogens is 342 g/mol. The zero-order valence-electron chi connectivity index (χ0n) is 18.6. The molecule has 0 aliphatic rings. The van der Waals surface area contributed by atoms with Gasteiger partial charge in [-0.3, -0.25) is 15.2 Å². The quantitative estimate of drug-likeness (QED) is 0.104. The van der Waals surface area contributed by atoms with E-state index in [0.717, 1.165) is 6.42 Å². The molecule has 0 spiro atoms. The van der Waals surface area contributed by atoms with Crippen molar-refractivity contribution in [2.45, 2.75) is 92.9 Å². The van der Waals surface area contributed by atoms with Crippen LogP contribution < -0.4 is 4.72 Å². The monoisotopic (exact) mass is 389 g/mol. The predicted octanol–water partition coefficient (Wildman–Crippen LogP) is 8.12. The summed E-state index contributed by atoms with van der Waals surface area (Å²) >= 11 is 1.82. The number of allylic oxidation sites excluding steroid dienone is 5. The van der Waals surface area contributed by atoms with E-state index in [1.54, 1.807) is 0 Å². The van der Waals surface area contributed by atoms with E-state index in [9.17, 15) is 0 Å². The van der Waals surface area contributed by atoms with Gasteiger partial charge in [-0.05, 0) is 39.3 Å². The Morgan fingerprint density at radius 1 is 0.923 bits per heavy atom. The molecule has 4 heteroatoms. The fraction of sp³-hybridized carbons (Fsp3) is 0.727. The Kier molecular flexibility index (Phi) is 45.2. The van der Waals surface area contributed by atoms with Crippen LogP contribution in [0, 0.1) is 0 Å². The van der Waals surface area contributed by atoms with Gasteiger partial charge in [0.25, 0.3) is 0 Å². The SMILES string of the molecule is C=C/C(=C\C=C(C)C)CCC.CC.CCCCCCCCSNC.OO. The molecule has 0 aliphatic carbocycles. The highest BCUT2D eigenvalue weighted by Crippen LogP contribution is 2.07. The Bertz CT molecular complexity index is 291. The lowest BCUT2D eigenvalue weighted by Crippen LogP contribution is -1.93. The second-order valence-corrected chi connectivity index (χ2v) is 6.87. The van der Waals surface area contributed by atoms with Crippen molar-refractivity contribution in [1.82, 2.24) is 4.72 Å². The molecule has 158 valence electrons. The molecule has 0 radical (unpaired) electrons. The Labute approximate surface area is 169 Å². The van der Waals surface area contributed by atoms with Crippen LogP contribution in [0.5, 0.6) is 0 Å². The van der Waals surface area contributed by atoms with Crippen LogP contribution in [-0.4, -0.2) is 23.3 Å². The van der Waals surface area contributed by atoms with E-state index in [-0.39, 0.29) is 0 Å². The molecule has 0 fully saturated rings. The lowest BCUT2D eigenvalue weighted by atomic mass is 10.1. The molecule has 0 aliphatic heterocycles. The van der Waals surface area contributed by atoms with Crippen molar-refractivity contribution in [2.24, 2.45) is 0 Å². The van der Waals surface area contributed by atoms with Gasteiger partial charge in [-0.25, -0.2) is 0 Å². The minimum Gasteiger partial charge on any atom is -0.267 e. The summed E-state index contributed by atoms with van der Waals surface area (Å²) in [6.45, 7) is 16.4. The third-order valence-corrected chi connectivity index (χ3v) is 3.96. The summed E-state index contributed by atoms with van der Waals surface area (Å²) < 4.78 is 3.09. The number of hydrogen-bond acceptors (Lipinski definition) is 4. The van der Waals surface area contributed by atoms with Crippen LogP contribution in [0.25, 0.3) is 0 Å². The second kappa shape index (κ2) is 35.5. The van der Waals surface area contributed by atoms with Gasteiger partial charge in [0.1, 0.15) is 0 Å². The molecular formula is C22H47NO2S. The summed E-state index contributed by atoms with van der Waals surface area (Å²) in [4.78, 5) is 0. The van der Waals surface area contributed by atoms with Gasteiger partial charge in [0, 0.05) is 5.75 Å². The smallest absolute Gasteiger partial charge is 0.00785 e. The van der Waals surface area contributed by atoms with Crippen LogP contribution in [0.2, 0.25) is 0 Å². The average Bonchev–Trinajstić information content (AvgIpc) is 2.68. The molecule has 3 nitrogen and oxygen atoms in total. The van der Waals surface area contributed by atoms with E-state index in [0.29, 0.717) is 0 Å². The third-order valence-electron chi connectivity index (χ3n) is 3.18. The molecule has 0 atom stereocenters. The molecule has 0 saturated carbocycles. The Hall–Kier alpha value is -0.550. The summed E-state index contributed by atoms with van der Waals surface area (Å²) in [6, 6.07) is 0. The summed E-state index contributed by atoms with van der Waals surface area (Å²) in [6.07, 6.45) is 16.9. The van der Waals surface area contributed by atoms with Gasteiger partial charge < -0.3 is 0 Å². The highest BCUT2D eigenvalue weighted by atomic mass is 32.2. The molecule has 0 bridgehead atoms. The molecule has 0 unspecified atom stereocenters. The van der Waals surface area contributed by atoms with Crippen LogP contribution in [0.4, 0.5) is 0 Å². The average molecular weight is 390 g/mol. The first-order valence-corrected chi connectivity index (χ1v) is 11.1. The first kappa shape index (κ1) is 33.1. The normalized spacial score (nSPS) is 9.50. The topological polar surface area (TPSA) is 52.5 Å². The van der Waals surface area contributed by atoms with Crippen molar-refractivity contribution in [1.29, 1.82) is 0 Å². The molecule has 0 saturated heterocycles. The molecule has 3 N–H and O–H groups in total. The first-order valence-electron chi connectivity index (χ1n) is 10.1. The highest BCUT2D eigenvalue weighted by molar-refractivity contribution is 7.97. The minimum atomic E-state index is 1.13. The van der Waals surface area contributed by atoms with Gasteiger partial charge in [0.15, 0.2) is 0 Å². The van der Waals surface area contributed by atoms with Crippen molar-refractivity contribution >= 4 is 11.9 Å². The molecule has 0 aromatic carbocycles. The number of nitrogens with one attached hydrogen (secondary N) is 1. The largest absolute Gasteiger partial charge is 0.267 e. The summed E-state index contributed by atoms with van der Waals surface area (Å²) in [5, 5.41) is 12.0. The predicted molar refractivity (Wildman–Crippen MR) is 124 cm³/mol.